The number of nitrogens with zero attached hydrogens (tertiary/aromatic N) is 1. The van der Waals surface area contributed by atoms with E-state index in [0.29, 0.717) is 46.8 Å². The Morgan fingerprint density at radius 1 is 1.12 bits per heavy atom. The number of nitrogens with one attached hydrogen (secondary N) is 1. The second-order valence-electron chi connectivity index (χ2n) is 6.95. The number of hydrogen-bond donors (Lipinski definition) is 1. The molecule has 0 aliphatic carbocycles. The minimum atomic E-state index is -0.354. The quantitative estimate of drug-likeness (QED) is 0.220. The third kappa shape index (κ3) is 5.88. The molecule has 0 saturated heterocycles. The molecule has 7 nitrogen and oxygen atoms in total. The Kier molecular flexibility index (Phi) is 7.56. The van der Waals surface area contributed by atoms with Crippen LogP contribution in [0.15, 0.2) is 59.7 Å². The lowest BCUT2D eigenvalue weighted by atomic mass is 10.2. The van der Waals surface area contributed by atoms with E-state index in [0.717, 1.165) is 14.7 Å². The maximum Gasteiger partial charge on any atom is 0.271 e. The number of carbonyl (C=O) groups excluding carboxylic acids is 1. The topological polar surface area (TPSA) is 78.4 Å². The molecule has 9 heteroatoms. The van der Waals surface area contributed by atoms with E-state index in [9.17, 15) is 4.79 Å². The molecule has 1 aliphatic heterocycles. The van der Waals surface area contributed by atoms with Gasteiger partial charge >= 0.3 is 0 Å². The molecule has 0 fully saturated rings. The largest absolute Gasteiger partial charge is 0.490 e. The summed E-state index contributed by atoms with van der Waals surface area (Å²) in [6.07, 6.45) is 1.55. The highest BCUT2D eigenvalue weighted by molar-refractivity contribution is 14.1. The van der Waals surface area contributed by atoms with E-state index >= 15 is 0 Å². The van der Waals surface area contributed by atoms with Crippen LogP contribution in [0.5, 0.6) is 23.0 Å². The highest BCUT2D eigenvalue weighted by Crippen LogP contribution is 2.35. The van der Waals surface area contributed by atoms with E-state index in [1.54, 1.807) is 24.4 Å². The predicted molar refractivity (Wildman–Crippen MR) is 134 cm³/mol. The fourth-order valence-electron chi connectivity index (χ4n) is 3.07. The molecule has 1 N–H and O–H groups in total. The number of rotatable bonds is 8. The maximum atomic E-state index is 12.4. The number of hydrogen-bond acceptors (Lipinski definition) is 6. The van der Waals surface area contributed by atoms with Gasteiger partial charge in [-0.05, 0) is 83.1 Å². The van der Waals surface area contributed by atoms with Crippen LogP contribution in [-0.2, 0) is 6.61 Å². The number of benzene rings is 3. The third-order valence-corrected chi connectivity index (χ3v) is 5.70. The van der Waals surface area contributed by atoms with Gasteiger partial charge in [0.05, 0.1) is 16.4 Å². The predicted octanol–water partition coefficient (Wildman–Crippen LogP) is 5.41. The SMILES string of the molecule is CCOc1cc(C=NNC(=O)c2ccc3c(c2)OCO3)cc(I)c1OCc1ccc(Cl)cc1. The zero-order valence-electron chi connectivity index (χ0n) is 17.6. The highest BCUT2D eigenvalue weighted by Gasteiger charge is 2.16. The van der Waals surface area contributed by atoms with Crippen molar-refractivity contribution in [2.45, 2.75) is 13.5 Å². The van der Waals surface area contributed by atoms with E-state index in [1.807, 2.05) is 43.3 Å². The van der Waals surface area contributed by atoms with Crippen molar-refractivity contribution in [2.24, 2.45) is 5.10 Å². The monoisotopic (exact) mass is 578 g/mol. The van der Waals surface area contributed by atoms with Crippen molar-refractivity contribution in [3.63, 3.8) is 0 Å². The molecule has 0 atom stereocenters. The van der Waals surface area contributed by atoms with Gasteiger partial charge in [0, 0.05) is 10.6 Å². The molecule has 3 aromatic rings. The molecule has 0 unspecified atom stereocenters. The summed E-state index contributed by atoms with van der Waals surface area (Å²) in [6, 6.07) is 16.2. The zero-order valence-corrected chi connectivity index (χ0v) is 20.6. The molecule has 1 heterocycles. The minimum Gasteiger partial charge on any atom is -0.490 e. The van der Waals surface area contributed by atoms with Crippen LogP contribution in [0.2, 0.25) is 5.02 Å². The van der Waals surface area contributed by atoms with E-state index in [-0.39, 0.29) is 12.7 Å². The molecule has 0 saturated carbocycles. The average molecular weight is 579 g/mol. The van der Waals surface area contributed by atoms with Crippen LogP contribution >= 0.6 is 34.2 Å². The Bertz CT molecular complexity index is 1180. The van der Waals surface area contributed by atoms with E-state index in [4.69, 9.17) is 30.5 Å². The van der Waals surface area contributed by atoms with Gasteiger partial charge in [0.1, 0.15) is 6.61 Å². The summed E-state index contributed by atoms with van der Waals surface area (Å²) in [4.78, 5) is 12.4. The van der Waals surface area contributed by atoms with Crippen molar-refractivity contribution in [3.05, 3.63) is 79.9 Å². The lowest BCUT2D eigenvalue weighted by Gasteiger charge is -2.15. The summed E-state index contributed by atoms with van der Waals surface area (Å²) in [5, 5.41) is 4.75. The standard InChI is InChI=1S/C24H20ClIN2O5/c1-2-30-22-10-16(9-19(26)23(22)31-13-15-3-6-18(25)7-4-15)12-27-28-24(29)17-5-8-20-21(11-17)33-14-32-20/h3-12H,2,13-14H2,1H3,(H,28,29). The number of halogens is 2. The number of amides is 1. The number of hydrazone groups is 1. The highest BCUT2D eigenvalue weighted by atomic mass is 127. The van der Waals surface area contributed by atoms with Crippen LogP contribution < -0.4 is 24.4 Å². The Balaban J connectivity index is 1.44. The molecule has 170 valence electrons. The van der Waals surface area contributed by atoms with Crippen molar-refractivity contribution in [3.8, 4) is 23.0 Å². The lowest BCUT2D eigenvalue weighted by Crippen LogP contribution is -2.17. The Hall–Kier alpha value is -2.98. The lowest BCUT2D eigenvalue weighted by molar-refractivity contribution is 0.0954. The first kappa shape index (κ1) is 23.2. The Morgan fingerprint density at radius 3 is 2.70 bits per heavy atom. The summed E-state index contributed by atoms with van der Waals surface area (Å²) in [5.74, 6) is 2.05. The Morgan fingerprint density at radius 2 is 1.91 bits per heavy atom. The minimum absolute atomic E-state index is 0.152. The second kappa shape index (κ2) is 10.8. The summed E-state index contributed by atoms with van der Waals surface area (Å²) in [7, 11) is 0. The van der Waals surface area contributed by atoms with E-state index in [1.165, 1.54) is 0 Å². The van der Waals surface area contributed by atoms with Gasteiger partial charge in [0.2, 0.25) is 6.79 Å². The first-order valence-corrected chi connectivity index (χ1v) is 11.6. The van der Waals surface area contributed by atoms with E-state index < -0.39 is 0 Å². The van der Waals surface area contributed by atoms with Gasteiger partial charge in [0.15, 0.2) is 23.0 Å². The molecule has 0 aromatic heterocycles. The van der Waals surface area contributed by atoms with Crippen LogP contribution in [0.1, 0.15) is 28.4 Å². The number of fused-ring (bicyclic) bond motifs is 1. The number of ether oxygens (including phenoxy) is 4. The molecular weight excluding hydrogens is 559 g/mol. The van der Waals surface area contributed by atoms with Crippen molar-refractivity contribution in [2.75, 3.05) is 13.4 Å². The van der Waals surface area contributed by atoms with E-state index in [2.05, 4.69) is 33.1 Å². The summed E-state index contributed by atoms with van der Waals surface area (Å²) < 4.78 is 23.2. The first-order valence-electron chi connectivity index (χ1n) is 10.1. The molecule has 0 bridgehead atoms. The molecular formula is C24H20ClIN2O5. The van der Waals surface area contributed by atoms with Gasteiger partial charge < -0.3 is 18.9 Å². The van der Waals surface area contributed by atoms with Gasteiger partial charge in [-0.15, -0.1) is 0 Å². The van der Waals surface area contributed by atoms with Gasteiger partial charge in [-0.2, -0.15) is 5.10 Å². The third-order valence-electron chi connectivity index (χ3n) is 4.64. The van der Waals surface area contributed by atoms with Crippen LogP contribution in [0.3, 0.4) is 0 Å². The van der Waals surface area contributed by atoms with Crippen molar-refractivity contribution in [1.82, 2.24) is 5.43 Å². The van der Waals surface area contributed by atoms with Crippen molar-refractivity contribution in [1.29, 1.82) is 0 Å². The molecule has 0 radical (unpaired) electrons. The van der Waals surface area contributed by atoms with Gasteiger partial charge in [0.25, 0.3) is 5.91 Å². The molecule has 1 amide bonds. The van der Waals surface area contributed by atoms with Gasteiger partial charge in [-0.25, -0.2) is 5.43 Å². The summed E-state index contributed by atoms with van der Waals surface area (Å²) >= 11 is 8.13. The molecule has 0 spiro atoms. The summed E-state index contributed by atoms with van der Waals surface area (Å²) in [5.41, 5.74) is 4.70. The fraction of sp³-hybridized carbons (Fsp3) is 0.167. The first-order chi connectivity index (χ1) is 16.0. The summed E-state index contributed by atoms with van der Waals surface area (Å²) in [6.45, 7) is 2.92. The fourth-order valence-corrected chi connectivity index (χ4v) is 3.98. The molecule has 1 aliphatic rings. The smallest absolute Gasteiger partial charge is 0.271 e. The van der Waals surface area contributed by atoms with Crippen LogP contribution in [-0.4, -0.2) is 25.5 Å². The molecule has 4 rings (SSSR count). The van der Waals surface area contributed by atoms with Crippen LogP contribution in [0, 0.1) is 3.57 Å². The maximum absolute atomic E-state index is 12.4. The zero-order chi connectivity index (χ0) is 23.2. The van der Waals surface area contributed by atoms with Gasteiger partial charge in [-0.3, -0.25) is 4.79 Å². The van der Waals surface area contributed by atoms with Crippen LogP contribution in [0.25, 0.3) is 0 Å². The van der Waals surface area contributed by atoms with Gasteiger partial charge in [-0.1, -0.05) is 23.7 Å². The van der Waals surface area contributed by atoms with Crippen LogP contribution in [0.4, 0.5) is 0 Å². The van der Waals surface area contributed by atoms with Crippen molar-refractivity contribution >= 4 is 46.3 Å². The normalized spacial score (nSPS) is 12.1. The molecule has 33 heavy (non-hydrogen) atoms. The number of carbonyl (C=O) groups is 1. The van der Waals surface area contributed by atoms with Crippen molar-refractivity contribution < 1.29 is 23.7 Å². The Labute approximate surface area is 209 Å². The average Bonchev–Trinajstić information content (AvgIpc) is 3.28. The molecule has 3 aromatic carbocycles. The second-order valence-corrected chi connectivity index (χ2v) is 8.54.